The van der Waals surface area contributed by atoms with Gasteiger partial charge in [-0.2, -0.15) is 0 Å². The normalized spacial score (nSPS) is 24.9. The predicted octanol–water partition coefficient (Wildman–Crippen LogP) is 2.48. The van der Waals surface area contributed by atoms with Gasteiger partial charge in [0.15, 0.2) is 0 Å². The second kappa shape index (κ2) is 4.78. The summed E-state index contributed by atoms with van der Waals surface area (Å²) < 4.78 is 16.5. The van der Waals surface area contributed by atoms with Crippen molar-refractivity contribution < 1.29 is 14.2 Å². The van der Waals surface area contributed by atoms with E-state index in [1.54, 1.807) is 7.11 Å². The molecule has 0 bridgehead atoms. The van der Waals surface area contributed by atoms with Crippen molar-refractivity contribution in [2.45, 2.75) is 19.0 Å². The van der Waals surface area contributed by atoms with Crippen molar-refractivity contribution in [2.24, 2.45) is 0 Å². The molecule has 1 saturated heterocycles. The molecule has 0 N–H and O–H groups in total. The number of rotatable bonds is 4. The molecule has 3 heteroatoms. The van der Waals surface area contributed by atoms with Gasteiger partial charge in [-0.3, -0.25) is 0 Å². The summed E-state index contributed by atoms with van der Waals surface area (Å²) in [5.41, 5.74) is 1.92. The van der Waals surface area contributed by atoms with Crippen LogP contribution in [0.15, 0.2) is 42.5 Å². The summed E-state index contributed by atoms with van der Waals surface area (Å²) >= 11 is 0. The molecule has 0 spiro atoms. The van der Waals surface area contributed by atoms with Gasteiger partial charge in [0.25, 0.3) is 0 Å². The molecule has 1 atom stereocenters. The molecule has 1 aromatic rings. The minimum atomic E-state index is -1.05. The van der Waals surface area contributed by atoms with Gasteiger partial charge in [0.1, 0.15) is 0 Å². The van der Waals surface area contributed by atoms with Crippen molar-refractivity contribution in [3.05, 3.63) is 48.0 Å². The first-order valence-corrected chi connectivity index (χ1v) is 5.32. The number of benzene rings is 1. The van der Waals surface area contributed by atoms with Gasteiger partial charge in [-0.15, -0.1) is 0 Å². The first kappa shape index (κ1) is 11.3. The summed E-state index contributed by atoms with van der Waals surface area (Å²) in [7, 11) is 1.57. The van der Waals surface area contributed by atoms with Crippen LogP contribution in [0.3, 0.4) is 0 Å². The molecule has 16 heavy (non-hydrogen) atoms. The lowest BCUT2D eigenvalue weighted by Crippen LogP contribution is -2.35. The Labute approximate surface area is 95.6 Å². The second-order valence-corrected chi connectivity index (χ2v) is 3.74. The zero-order valence-corrected chi connectivity index (χ0v) is 9.44. The van der Waals surface area contributed by atoms with Crippen LogP contribution in [0.1, 0.15) is 12.0 Å². The molecule has 1 aliphatic rings. The van der Waals surface area contributed by atoms with E-state index in [1.807, 2.05) is 30.3 Å². The summed E-state index contributed by atoms with van der Waals surface area (Å²) in [4.78, 5) is 0. The Morgan fingerprint density at radius 1 is 1.38 bits per heavy atom. The van der Waals surface area contributed by atoms with Crippen LogP contribution in [0.25, 0.3) is 0 Å². The molecule has 0 saturated carbocycles. The van der Waals surface area contributed by atoms with E-state index in [0.29, 0.717) is 13.2 Å². The summed E-state index contributed by atoms with van der Waals surface area (Å²) in [6.07, 6.45) is 0.780. The van der Waals surface area contributed by atoms with E-state index in [1.165, 1.54) is 0 Å². The van der Waals surface area contributed by atoms with Crippen LogP contribution in [0.5, 0.6) is 0 Å². The molecule has 0 radical (unpaired) electrons. The maximum absolute atomic E-state index is 5.69. The lowest BCUT2D eigenvalue weighted by Gasteiger charge is -2.27. The number of hydrogen-bond acceptors (Lipinski definition) is 3. The second-order valence-electron chi connectivity index (χ2n) is 3.74. The first-order valence-electron chi connectivity index (χ1n) is 5.32. The number of methoxy groups -OCH3 is 1. The van der Waals surface area contributed by atoms with Crippen molar-refractivity contribution >= 4 is 0 Å². The third kappa shape index (κ3) is 2.16. The maximum atomic E-state index is 5.69. The van der Waals surface area contributed by atoms with Crippen LogP contribution < -0.4 is 0 Å². The fourth-order valence-corrected chi connectivity index (χ4v) is 1.72. The topological polar surface area (TPSA) is 27.7 Å². The molecule has 1 heterocycles. The van der Waals surface area contributed by atoms with Gasteiger partial charge in [-0.1, -0.05) is 36.9 Å². The monoisotopic (exact) mass is 220 g/mol. The molecule has 1 aromatic carbocycles. The zero-order chi connectivity index (χ0) is 11.4. The van der Waals surface area contributed by atoms with Gasteiger partial charge in [0.2, 0.25) is 0 Å². The fourth-order valence-electron chi connectivity index (χ4n) is 1.72. The molecule has 2 rings (SSSR count). The standard InChI is InChI=1S/C13H16O3/c1-11-8-9-15-13(11,14-2)16-10-12-6-4-3-5-7-12/h3-7H,1,8-10H2,2H3. The van der Waals surface area contributed by atoms with E-state index in [2.05, 4.69) is 6.58 Å². The van der Waals surface area contributed by atoms with Crippen molar-refractivity contribution in [2.75, 3.05) is 13.7 Å². The summed E-state index contributed by atoms with van der Waals surface area (Å²) in [6.45, 7) is 4.97. The van der Waals surface area contributed by atoms with E-state index in [9.17, 15) is 0 Å². The molecule has 1 aliphatic heterocycles. The molecule has 86 valence electrons. The molecular weight excluding hydrogens is 204 g/mol. The Balaban J connectivity index is 2.01. The average Bonchev–Trinajstić information content (AvgIpc) is 2.70. The van der Waals surface area contributed by atoms with Crippen molar-refractivity contribution in [1.82, 2.24) is 0 Å². The molecule has 0 amide bonds. The van der Waals surface area contributed by atoms with E-state index in [-0.39, 0.29) is 0 Å². The Morgan fingerprint density at radius 2 is 2.12 bits per heavy atom. The predicted molar refractivity (Wildman–Crippen MR) is 60.7 cm³/mol. The molecule has 1 fully saturated rings. The highest BCUT2D eigenvalue weighted by atomic mass is 16.9. The largest absolute Gasteiger partial charge is 0.327 e. The van der Waals surface area contributed by atoms with Gasteiger partial charge in [0.05, 0.1) is 13.2 Å². The lowest BCUT2D eigenvalue weighted by atomic mass is 10.2. The van der Waals surface area contributed by atoms with E-state index in [4.69, 9.17) is 14.2 Å². The number of hydrogen-bond donors (Lipinski definition) is 0. The quantitative estimate of drug-likeness (QED) is 0.576. The Kier molecular flexibility index (Phi) is 3.39. The van der Waals surface area contributed by atoms with E-state index < -0.39 is 5.97 Å². The Hall–Kier alpha value is -1.16. The maximum Gasteiger partial charge on any atom is 0.307 e. The smallest absolute Gasteiger partial charge is 0.307 e. The molecular formula is C13H16O3. The minimum Gasteiger partial charge on any atom is -0.327 e. The van der Waals surface area contributed by atoms with Gasteiger partial charge >= 0.3 is 5.97 Å². The minimum absolute atomic E-state index is 0.452. The van der Waals surface area contributed by atoms with Crippen molar-refractivity contribution in [3.63, 3.8) is 0 Å². The summed E-state index contributed by atoms with van der Waals surface area (Å²) in [5.74, 6) is -1.05. The molecule has 0 aromatic heterocycles. The van der Waals surface area contributed by atoms with Gasteiger partial charge in [-0.25, -0.2) is 0 Å². The third-order valence-corrected chi connectivity index (χ3v) is 2.67. The summed E-state index contributed by atoms with van der Waals surface area (Å²) in [6, 6.07) is 9.92. The van der Waals surface area contributed by atoms with Gasteiger partial charge in [0, 0.05) is 12.7 Å². The van der Waals surface area contributed by atoms with Gasteiger partial charge < -0.3 is 14.2 Å². The van der Waals surface area contributed by atoms with Crippen LogP contribution in [-0.4, -0.2) is 19.7 Å². The van der Waals surface area contributed by atoms with Crippen LogP contribution in [0.4, 0.5) is 0 Å². The SMILES string of the molecule is C=C1CCOC1(OC)OCc1ccccc1. The van der Waals surface area contributed by atoms with Crippen LogP contribution in [0.2, 0.25) is 0 Å². The molecule has 1 unspecified atom stereocenters. The van der Waals surface area contributed by atoms with Crippen LogP contribution in [-0.2, 0) is 20.8 Å². The fraction of sp³-hybridized carbons (Fsp3) is 0.385. The van der Waals surface area contributed by atoms with Crippen LogP contribution >= 0.6 is 0 Å². The molecule has 0 aliphatic carbocycles. The summed E-state index contributed by atoms with van der Waals surface area (Å²) in [5, 5.41) is 0. The Morgan fingerprint density at radius 3 is 2.69 bits per heavy atom. The first-order chi connectivity index (χ1) is 7.77. The zero-order valence-electron chi connectivity index (χ0n) is 9.44. The van der Waals surface area contributed by atoms with Crippen LogP contribution in [0, 0.1) is 0 Å². The van der Waals surface area contributed by atoms with Crippen molar-refractivity contribution in [3.8, 4) is 0 Å². The molecule has 3 nitrogen and oxygen atoms in total. The number of ether oxygens (including phenoxy) is 3. The Bertz CT molecular complexity index is 361. The average molecular weight is 220 g/mol. The van der Waals surface area contributed by atoms with Crippen molar-refractivity contribution in [1.29, 1.82) is 0 Å². The lowest BCUT2D eigenvalue weighted by molar-refractivity contribution is -0.334. The highest BCUT2D eigenvalue weighted by molar-refractivity contribution is 5.14. The van der Waals surface area contributed by atoms with E-state index >= 15 is 0 Å². The highest BCUT2D eigenvalue weighted by Crippen LogP contribution is 2.32. The highest BCUT2D eigenvalue weighted by Gasteiger charge is 2.40. The van der Waals surface area contributed by atoms with E-state index in [0.717, 1.165) is 17.6 Å². The van der Waals surface area contributed by atoms with Gasteiger partial charge in [-0.05, 0) is 12.0 Å². The third-order valence-electron chi connectivity index (χ3n) is 2.67.